The van der Waals surface area contributed by atoms with Gasteiger partial charge in [-0.25, -0.2) is 4.39 Å². The first kappa shape index (κ1) is 14.2. The van der Waals surface area contributed by atoms with Crippen molar-refractivity contribution < 1.29 is 9.50 Å². The number of nitrogens with zero attached hydrogens (tertiary/aromatic N) is 2. The number of aryl methyl sites for hydroxylation is 2. The molecule has 1 N–H and O–H groups in total. The second kappa shape index (κ2) is 5.84. The molecule has 1 heterocycles. The topological polar surface area (TPSA) is 38.0 Å². The smallest absolute Gasteiger partial charge is 0.124 e. The van der Waals surface area contributed by atoms with Crippen molar-refractivity contribution in [3.05, 3.63) is 51.5 Å². The average molecular weight is 327 g/mol. The Labute approximate surface area is 120 Å². The van der Waals surface area contributed by atoms with Gasteiger partial charge in [0.2, 0.25) is 0 Å². The molecule has 2 rings (SSSR count). The molecule has 0 aliphatic rings. The number of aliphatic hydroxyl groups excluding tert-OH is 1. The Morgan fingerprint density at radius 2 is 2.16 bits per heavy atom. The number of aromatic nitrogens is 2. The summed E-state index contributed by atoms with van der Waals surface area (Å²) >= 11 is 3.28. The van der Waals surface area contributed by atoms with Crippen molar-refractivity contribution in [2.75, 3.05) is 0 Å². The molecule has 0 saturated heterocycles. The molecular formula is C14H16BrFN2O. The van der Waals surface area contributed by atoms with Crippen LogP contribution >= 0.6 is 15.9 Å². The van der Waals surface area contributed by atoms with Crippen molar-refractivity contribution in [3.63, 3.8) is 0 Å². The Hall–Kier alpha value is -1.20. The van der Waals surface area contributed by atoms with Crippen molar-refractivity contribution in [3.8, 4) is 0 Å². The van der Waals surface area contributed by atoms with Crippen molar-refractivity contribution in [2.24, 2.45) is 7.05 Å². The van der Waals surface area contributed by atoms with E-state index in [1.54, 1.807) is 10.7 Å². The summed E-state index contributed by atoms with van der Waals surface area (Å²) in [6.45, 7) is 2.04. The molecular weight excluding hydrogens is 311 g/mol. The molecule has 1 aromatic carbocycles. The summed E-state index contributed by atoms with van der Waals surface area (Å²) in [5.41, 5.74) is 2.64. The minimum atomic E-state index is -0.685. The zero-order valence-electron chi connectivity index (χ0n) is 10.9. The summed E-state index contributed by atoms with van der Waals surface area (Å²) in [6, 6.07) is 6.30. The molecule has 0 fully saturated rings. The summed E-state index contributed by atoms with van der Waals surface area (Å²) in [5.74, 6) is -0.323. The van der Waals surface area contributed by atoms with Crippen LogP contribution in [0.25, 0.3) is 0 Å². The Bertz CT molecular complexity index is 583. The highest BCUT2D eigenvalue weighted by Crippen LogP contribution is 2.27. The number of halogens is 2. The van der Waals surface area contributed by atoms with Gasteiger partial charge in [-0.3, -0.25) is 4.68 Å². The second-order valence-corrected chi connectivity index (χ2v) is 5.34. The first-order valence-corrected chi connectivity index (χ1v) is 6.95. The zero-order chi connectivity index (χ0) is 14.0. The quantitative estimate of drug-likeness (QED) is 0.937. The number of benzene rings is 1. The normalized spacial score (nSPS) is 12.7. The summed E-state index contributed by atoms with van der Waals surface area (Å²) in [7, 11) is 1.86. The minimum Gasteiger partial charge on any atom is -0.388 e. The van der Waals surface area contributed by atoms with Crippen molar-refractivity contribution in [1.82, 2.24) is 9.78 Å². The van der Waals surface area contributed by atoms with Gasteiger partial charge in [0.15, 0.2) is 0 Å². The van der Waals surface area contributed by atoms with E-state index < -0.39 is 6.10 Å². The van der Waals surface area contributed by atoms with Crippen LogP contribution in [0.3, 0.4) is 0 Å². The molecule has 1 atom stereocenters. The summed E-state index contributed by atoms with van der Waals surface area (Å²) < 4.78 is 15.4. The molecule has 0 aliphatic carbocycles. The number of rotatable bonds is 4. The lowest BCUT2D eigenvalue weighted by atomic mass is 10.0. The van der Waals surface area contributed by atoms with Gasteiger partial charge >= 0.3 is 0 Å². The Balaban J connectivity index is 2.20. The molecule has 0 aliphatic heterocycles. The maximum atomic E-state index is 13.0. The fourth-order valence-electron chi connectivity index (χ4n) is 2.02. The fraction of sp³-hybridized carbons (Fsp3) is 0.357. The van der Waals surface area contributed by atoms with E-state index in [1.807, 2.05) is 20.0 Å². The van der Waals surface area contributed by atoms with Crippen LogP contribution in [-0.4, -0.2) is 14.9 Å². The molecule has 102 valence electrons. The second-order valence-electron chi connectivity index (χ2n) is 4.49. The fourth-order valence-corrected chi connectivity index (χ4v) is 2.63. The van der Waals surface area contributed by atoms with E-state index in [0.717, 1.165) is 17.8 Å². The van der Waals surface area contributed by atoms with Gasteiger partial charge in [-0.05, 0) is 30.2 Å². The molecule has 0 saturated carbocycles. The van der Waals surface area contributed by atoms with Crippen LogP contribution in [0.2, 0.25) is 0 Å². The van der Waals surface area contributed by atoms with Crippen LogP contribution in [0.5, 0.6) is 0 Å². The third-order valence-corrected chi connectivity index (χ3v) is 3.80. The Morgan fingerprint density at radius 3 is 2.74 bits per heavy atom. The van der Waals surface area contributed by atoms with Gasteiger partial charge < -0.3 is 5.11 Å². The predicted molar refractivity (Wildman–Crippen MR) is 75.3 cm³/mol. The lowest BCUT2D eigenvalue weighted by Crippen LogP contribution is -2.07. The first-order valence-electron chi connectivity index (χ1n) is 6.16. The largest absolute Gasteiger partial charge is 0.388 e. The average Bonchev–Trinajstić information content (AvgIpc) is 2.70. The highest BCUT2D eigenvalue weighted by molar-refractivity contribution is 9.10. The highest BCUT2D eigenvalue weighted by Gasteiger charge is 2.15. The van der Waals surface area contributed by atoms with Crippen LogP contribution in [0, 0.1) is 5.82 Å². The van der Waals surface area contributed by atoms with Gasteiger partial charge in [0, 0.05) is 23.6 Å². The summed E-state index contributed by atoms with van der Waals surface area (Å²) in [6.07, 6.45) is 0.632. The van der Waals surface area contributed by atoms with Crippen molar-refractivity contribution >= 4 is 15.9 Å². The molecule has 1 unspecified atom stereocenters. The van der Waals surface area contributed by atoms with Gasteiger partial charge in [0.05, 0.1) is 11.8 Å². The maximum Gasteiger partial charge on any atom is 0.124 e. The summed E-state index contributed by atoms with van der Waals surface area (Å²) in [5, 5.41) is 14.6. The molecule has 5 heteroatoms. The van der Waals surface area contributed by atoms with Gasteiger partial charge in [-0.1, -0.05) is 28.9 Å². The van der Waals surface area contributed by atoms with E-state index >= 15 is 0 Å². The third kappa shape index (κ3) is 3.22. The van der Waals surface area contributed by atoms with Gasteiger partial charge in [-0.15, -0.1) is 0 Å². The predicted octanol–water partition coefficient (Wildman–Crippen LogP) is 3.16. The number of hydrogen-bond acceptors (Lipinski definition) is 2. The summed E-state index contributed by atoms with van der Waals surface area (Å²) in [4.78, 5) is 0. The molecule has 0 bridgehead atoms. The van der Waals surface area contributed by atoms with E-state index in [1.165, 1.54) is 12.1 Å². The van der Waals surface area contributed by atoms with E-state index in [0.29, 0.717) is 16.5 Å². The van der Waals surface area contributed by atoms with Gasteiger partial charge in [0.25, 0.3) is 0 Å². The molecule has 0 spiro atoms. The molecule has 2 aromatic rings. The van der Waals surface area contributed by atoms with Crippen LogP contribution in [0.15, 0.2) is 28.7 Å². The standard InChI is InChI=1S/C14H16BrFN2O/c1-3-10-7-11(18(2)17-10)8-14(19)12-5-4-9(16)6-13(12)15/h4-7,14,19H,3,8H2,1-2H3. The lowest BCUT2D eigenvalue weighted by Gasteiger charge is -2.13. The zero-order valence-corrected chi connectivity index (χ0v) is 12.5. The van der Waals surface area contributed by atoms with Gasteiger partial charge in [-0.2, -0.15) is 5.10 Å². The van der Waals surface area contributed by atoms with Crippen molar-refractivity contribution in [2.45, 2.75) is 25.9 Å². The molecule has 0 amide bonds. The van der Waals surface area contributed by atoms with Crippen LogP contribution in [0.4, 0.5) is 4.39 Å². The highest BCUT2D eigenvalue weighted by atomic mass is 79.9. The van der Waals surface area contributed by atoms with E-state index in [2.05, 4.69) is 21.0 Å². The molecule has 19 heavy (non-hydrogen) atoms. The van der Waals surface area contributed by atoms with Crippen molar-refractivity contribution in [1.29, 1.82) is 0 Å². The lowest BCUT2D eigenvalue weighted by molar-refractivity contribution is 0.175. The minimum absolute atomic E-state index is 0.323. The monoisotopic (exact) mass is 326 g/mol. The number of hydrogen-bond donors (Lipinski definition) is 1. The molecule has 3 nitrogen and oxygen atoms in total. The maximum absolute atomic E-state index is 13.0. The Kier molecular flexibility index (Phi) is 4.37. The third-order valence-electron chi connectivity index (χ3n) is 3.11. The van der Waals surface area contributed by atoms with E-state index in [4.69, 9.17) is 0 Å². The van der Waals surface area contributed by atoms with E-state index in [9.17, 15) is 9.50 Å². The number of aliphatic hydroxyl groups is 1. The SMILES string of the molecule is CCc1cc(CC(O)c2ccc(F)cc2Br)n(C)n1. The molecule has 1 aromatic heterocycles. The molecule has 0 radical (unpaired) electrons. The van der Waals surface area contributed by atoms with Crippen LogP contribution in [0.1, 0.15) is 30.0 Å². The van der Waals surface area contributed by atoms with Crippen LogP contribution in [-0.2, 0) is 19.9 Å². The first-order chi connectivity index (χ1) is 9.01. The van der Waals surface area contributed by atoms with E-state index in [-0.39, 0.29) is 5.82 Å². The van der Waals surface area contributed by atoms with Gasteiger partial charge in [0.1, 0.15) is 5.82 Å². The van der Waals surface area contributed by atoms with Crippen LogP contribution < -0.4 is 0 Å². The Morgan fingerprint density at radius 1 is 1.42 bits per heavy atom.